The molecule has 208 valence electrons. The molecule has 0 aliphatic carbocycles. The van der Waals surface area contributed by atoms with Crippen molar-refractivity contribution in [1.29, 1.82) is 0 Å². The van der Waals surface area contributed by atoms with Crippen molar-refractivity contribution in [2.75, 3.05) is 24.5 Å². The first-order valence-corrected chi connectivity index (χ1v) is 14.1. The molecule has 0 aliphatic heterocycles. The topological polar surface area (TPSA) is 96.0 Å². The molecule has 8 nitrogen and oxygen atoms in total. The third kappa shape index (κ3) is 7.57. The van der Waals surface area contributed by atoms with E-state index in [0.29, 0.717) is 12.3 Å². The van der Waals surface area contributed by atoms with Crippen LogP contribution in [0.1, 0.15) is 31.4 Å². The summed E-state index contributed by atoms with van der Waals surface area (Å²) in [5, 5.41) is 2.80. The first-order chi connectivity index (χ1) is 18.6. The normalized spacial score (nSPS) is 11.9. The van der Waals surface area contributed by atoms with Crippen molar-refractivity contribution in [3.05, 3.63) is 89.7 Å². The lowest BCUT2D eigenvalue weighted by atomic mass is 10.1. The minimum absolute atomic E-state index is 0.0700. The van der Waals surface area contributed by atoms with Crippen LogP contribution < -0.4 is 14.4 Å². The number of anilines is 1. The van der Waals surface area contributed by atoms with Gasteiger partial charge in [0.2, 0.25) is 11.8 Å². The molecule has 1 N–H and O–H groups in total. The molecule has 2 amide bonds. The van der Waals surface area contributed by atoms with Crippen molar-refractivity contribution in [1.82, 2.24) is 10.2 Å². The van der Waals surface area contributed by atoms with E-state index in [1.807, 2.05) is 38.1 Å². The summed E-state index contributed by atoms with van der Waals surface area (Å²) in [4.78, 5) is 28.0. The molecular weight excluding hydrogens is 521 g/mol. The third-order valence-corrected chi connectivity index (χ3v) is 7.98. The quantitative estimate of drug-likeness (QED) is 0.360. The summed E-state index contributed by atoms with van der Waals surface area (Å²) in [6.45, 7) is 5.40. The maximum absolute atomic E-state index is 13.8. The van der Waals surface area contributed by atoms with Gasteiger partial charge in [0.25, 0.3) is 10.0 Å². The molecule has 0 saturated carbocycles. The highest BCUT2D eigenvalue weighted by molar-refractivity contribution is 7.92. The molecule has 0 fully saturated rings. The highest BCUT2D eigenvalue weighted by Gasteiger charge is 2.32. The molecule has 3 aromatic rings. The summed E-state index contributed by atoms with van der Waals surface area (Å²) in [7, 11) is -2.79. The Hall–Kier alpha value is -3.92. The lowest BCUT2D eigenvalue weighted by Crippen LogP contribution is -2.51. The van der Waals surface area contributed by atoms with Gasteiger partial charge in [0.15, 0.2) is 0 Å². The number of aryl methyl sites for hydroxylation is 1. The first-order valence-electron chi connectivity index (χ1n) is 12.6. The standard InChI is InChI=1S/C29H34FN3O5S/c1-5-17-31-29(35)22(3)32(19-23-8-6-7-21(2)18-23)28(34)20-33(25-11-9-24(30)10-12-25)39(36,37)27-15-13-26(38-4)14-16-27/h6-16,18,22H,5,17,19-20H2,1-4H3,(H,31,35)/t22-/m0/s1. The number of benzene rings is 3. The van der Waals surface area contributed by atoms with Gasteiger partial charge in [-0.1, -0.05) is 36.8 Å². The summed E-state index contributed by atoms with van der Waals surface area (Å²) >= 11 is 0. The monoisotopic (exact) mass is 555 g/mol. The molecule has 0 aromatic heterocycles. The second-order valence-corrected chi connectivity index (χ2v) is 11.0. The van der Waals surface area contributed by atoms with Crippen LogP contribution in [0.3, 0.4) is 0 Å². The van der Waals surface area contributed by atoms with E-state index >= 15 is 0 Å². The van der Waals surface area contributed by atoms with Crippen molar-refractivity contribution in [3.63, 3.8) is 0 Å². The number of nitrogens with zero attached hydrogens (tertiary/aromatic N) is 2. The Morgan fingerprint density at radius 3 is 2.28 bits per heavy atom. The average molecular weight is 556 g/mol. The fourth-order valence-electron chi connectivity index (χ4n) is 4.00. The van der Waals surface area contributed by atoms with Gasteiger partial charge in [0, 0.05) is 13.1 Å². The number of sulfonamides is 1. The summed E-state index contributed by atoms with van der Waals surface area (Å²) in [6.07, 6.45) is 0.725. The van der Waals surface area contributed by atoms with Crippen LogP contribution in [-0.2, 0) is 26.2 Å². The predicted octanol–water partition coefficient (Wildman–Crippen LogP) is 4.28. The van der Waals surface area contributed by atoms with Gasteiger partial charge < -0.3 is 15.0 Å². The van der Waals surface area contributed by atoms with Crippen molar-refractivity contribution in [2.24, 2.45) is 0 Å². The van der Waals surface area contributed by atoms with E-state index in [4.69, 9.17) is 4.74 Å². The minimum Gasteiger partial charge on any atom is -0.497 e. The van der Waals surface area contributed by atoms with E-state index < -0.39 is 34.3 Å². The largest absolute Gasteiger partial charge is 0.497 e. The van der Waals surface area contributed by atoms with Crippen LogP contribution in [0.25, 0.3) is 0 Å². The number of ether oxygens (including phenoxy) is 1. The number of nitrogens with one attached hydrogen (secondary N) is 1. The molecule has 0 unspecified atom stereocenters. The highest BCUT2D eigenvalue weighted by Crippen LogP contribution is 2.26. The molecule has 0 spiro atoms. The summed E-state index contributed by atoms with van der Waals surface area (Å²) in [5.74, 6) is -1.01. The summed E-state index contributed by atoms with van der Waals surface area (Å²) < 4.78 is 47.3. The van der Waals surface area contributed by atoms with E-state index in [1.54, 1.807) is 6.92 Å². The zero-order valence-electron chi connectivity index (χ0n) is 22.6. The molecule has 3 rings (SSSR count). The summed E-state index contributed by atoms with van der Waals surface area (Å²) in [6, 6.07) is 17.3. The molecule has 0 saturated heterocycles. The minimum atomic E-state index is -4.25. The molecule has 0 radical (unpaired) electrons. The van der Waals surface area contributed by atoms with Gasteiger partial charge in [-0.15, -0.1) is 0 Å². The maximum Gasteiger partial charge on any atom is 0.264 e. The Balaban J connectivity index is 2.01. The van der Waals surface area contributed by atoms with Crippen molar-refractivity contribution in [2.45, 2.75) is 44.7 Å². The van der Waals surface area contributed by atoms with Crippen LogP contribution in [0.15, 0.2) is 77.7 Å². The smallest absolute Gasteiger partial charge is 0.264 e. The van der Waals surface area contributed by atoms with E-state index in [-0.39, 0.29) is 23.0 Å². The fraction of sp³-hybridized carbons (Fsp3) is 0.310. The number of amides is 2. The van der Waals surface area contributed by atoms with E-state index in [2.05, 4.69) is 5.32 Å². The van der Waals surface area contributed by atoms with Gasteiger partial charge in [0.05, 0.1) is 17.7 Å². The number of halogens is 1. The molecule has 0 aliphatic rings. The number of carbonyl (C=O) groups excluding carboxylic acids is 2. The second kappa shape index (κ2) is 13.2. The van der Waals surface area contributed by atoms with E-state index in [1.165, 1.54) is 48.4 Å². The van der Waals surface area contributed by atoms with Crippen LogP contribution in [0.2, 0.25) is 0 Å². The van der Waals surface area contributed by atoms with Crippen molar-refractivity contribution >= 4 is 27.5 Å². The molecule has 39 heavy (non-hydrogen) atoms. The maximum atomic E-state index is 13.8. The van der Waals surface area contributed by atoms with Crippen LogP contribution in [0.4, 0.5) is 10.1 Å². The van der Waals surface area contributed by atoms with Crippen molar-refractivity contribution < 1.29 is 27.1 Å². The Kier molecular flexibility index (Phi) is 10.1. The van der Waals surface area contributed by atoms with E-state index in [9.17, 15) is 22.4 Å². The lowest BCUT2D eigenvalue weighted by molar-refractivity contribution is -0.139. The SMILES string of the molecule is CCCNC(=O)[C@H](C)N(Cc1cccc(C)c1)C(=O)CN(c1ccc(F)cc1)S(=O)(=O)c1ccc(OC)cc1. The number of methoxy groups -OCH3 is 1. The van der Waals surface area contributed by atoms with E-state index in [0.717, 1.165) is 34.0 Å². The van der Waals surface area contributed by atoms with Crippen LogP contribution in [-0.4, -0.2) is 51.4 Å². The number of rotatable bonds is 12. The van der Waals surface area contributed by atoms with Crippen LogP contribution in [0, 0.1) is 12.7 Å². The Bertz CT molecular complexity index is 1380. The molecule has 0 heterocycles. The van der Waals surface area contributed by atoms with Crippen LogP contribution >= 0.6 is 0 Å². The Labute approximate surface area is 229 Å². The Morgan fingerprint density at radius 2 is 1.69 bits per heavy atom. The predicted molar refractivity (Wildman–Crippen MR) is 148 cm³/mol. The zero-order valence-corrected chi connectivity index (χ0v) is 23.4. The third-order valence-electron chi connectivity index (χ3n) is 6.19. The lowest BCUT2D eigenvalue weighted by Gasteiger charge is -2.32. The van der Waals surface area contributed by atoms with Gasteiger partial charge >= 0.3 is 0 Å². The highest BCUT2D eigenvalue weighted by atomic mass is 32.2. The Morgan fingerprint density at radius 1 is 1.03 bits per heavy atom. The number of hydrogen-bond acceptors (Lipinski definition) is 5. The van der Waals surface area contributed by atoms with Gasteiger partial charge in [-0.3, -0.25) is 13.9 Å². The fourth-order valence-corrected chi connectivity index (χ4v) is 5.41. The van der Waals surface area contributed by atoms with Gasteiger partial charge in [0.1, 0.15) is 24.2 Å². The molecular formula is C29H34FN3O5S. The average Bonchev–Trinajstić information content (AvgIpc) is 2.93. The van der Waals surface area contributed by atoms with Gasteiger partial charge in [-0.2, -0.15) is 0 Å². The summed E-state index contributed by atoms with van der Waals surface area (Å²) in [5.41, 5.74) is 1.89. The zero-order chi connectivity index (χ0) is 28.6. The molecule has 1 atom stereocenters. The van der Waals surface area contributed by atoms with Gasteiger partial charge in [-0.25, -0.2) is 12.8 Å². The molecule has 3 aromatic carbocycles. The number of hydrogen-bond donors (Lipinski definition) is 1. The second-order valence-electron chi connectivity index (χ2n) is 9.14. The molecule has 10 heteroatoms. The first kappa shape index (κ1) is 29.6. The van der Waals surface area contributed by atoms with Crippen molar-refractivity contribution in [3.8, 4) is 5.75 Å². The molecule has 0 bridgehead atoms. The van der Waals surface area contributed by atoms with Gasteiger partial charge in [-0.05, 0) is 74.4 Å². The van der Waals surface area contributed by atoms with Crippen LogP contribution in [0.5, 0.6) is 5.75 Å². The number of carbonyl (C=O) groups is 2.